The minimum Gasteiger partial charge on any atom is -0.495 e. The summed E-state index contributed by atoms with van der Waals surface area (Å²) >= 11 is 0.868. The number of ether oxygens (including phenoxy) is 2. The zero-order valence-corrected chi connectivity index (χ0v) is 19.0. The third-order valence-corrected chi connectivity index (χ3v) is 6.25. The molecule has 0 radical (unpaired) electrons. The summed E-state index contributed by atoms with van der Waals surface area (Å²) in [5.41, 5.74) is -0.395. The Balaban J connectivity index is 1.84. The number of hydrogen-bond donors (Lipinski definition) is 2. The van der Waals surface area contributed by atoms with Crippen molar-refractivity contribution in [2.45, 2.75) is 11.4 Å². The molecule has 0 unspecified atom stereocenters. The van der Waals surface area contributed by atoms with Crippen molar-refractivity contribution < 1.29 is 41.0 Å². The number of alkyl halides is 3. The number of thiazole rings is 1. The van der Waals surface area contributed by atoms with Crippen LogP contribution in [0.25, 0.3) is 0 Å². The lowest BCUT2D eigenvalue weighted by atomic mass is 10.1. The largest absolute Gasteiger partial charge is 0.573 e. The number of hydrogen-bond acceptors (Lipinski definition) is 8. The van der Waals surface area contributed by atoms with Crippen LogP contribution in [0.5, 0.6) is 11.5 Å². The van der Waals surface area contributed by atoms with Crippen molar-refractivity contribution in [1.29, 1.82) is 5.26 Å². The van der Waals surface area contributed by atoms with Crippen LogP contribution in [0.1, 0.15) is 26.5 Å². The van der Waals surface area contributed by atoms with Crippen LogP contribution in [0.2, 0.25) is 0 Å². The van der Waals surface area contributed by atoms with Crippen molar-refractivity contribution in [3.8, 4) is 29.4 Å². The molecule has 0 aliphatic rings. The molecule has 2 N–H and O–H groups in total. The summed E-state index contributed by atoms with van der Waals surface area (Å²) in [5, 5.41) is 18.8. The Bertz CT molecular complexity index is 1500. The van der Waals surface area contributed by atoms with Crippen molar-refractivity contribution in [3.63, 3.8) is 0 Å². The van der Waals surface area contributed by atoms with Gasteiger partial charge in [-0.25, -0.2) is 9.78 Å². The van der Waals surface area contributed by atoms with E-state index in [9.17, 15) is 26.4 Å². The second kappa shape index (κ2) is 9.92. The van der Waals surface area contributed by atoms with Gasteiger partial charge in [0.15, 0.2) is 10.0 Å². The first-order chi connectivity index (χ1) is 16.4. The molecule has 0 saturated heterocycles. The molecule has 180 valence electrons. The van der Waals surface area contributed by atoms with E-state index in [1.54, 1.807) is 6.07 Å². The highest BCUT2D eigenvalue weighted by molar-refractivity contribution is 7.92. The molecular weight excluding hydrogens is 511 g/mol. The maximum atomic E-state index is 12.7. The van der Waals surface area contributed by atoms with Crippen molar-refractivity contribution >= 4 is 33.0 Å². The van der Waals surface area contributed by atoms with Gasteiger partial charge in [-0.2, -0.15) is 13.7 Å². The van der Waals surface area contributed by atoms with Crippen LogP contribution in [0.3, 0.4) is 0 Å². The average molecular weight is 523 g/mol. The fourth-order valence-corrected chi connectivity index (χ4v) is 4.58. The molecule has 0 atom stereocenters. The Labute approximate surface area is 200 Å². The van der Waals surface area contributed by atoms with Crippen LogP contribution < -0.4 is 14.2 Å². The molecule has 0 saturated carbocycles. The highest BCUT2D eigenvalue weighted by atomic mass is 32.2. The van der Waals surface area contributed by atoms with Gasteiger partial charge in [0.1, 0.15) is 17.6 Å². The number of nitrogens with one attached hydrogen (secondary N) is 1. The molecule has 0 aliphatic heterocycles. The number of carboxylic acid groups (broad SMARTS) is 1. The Kier molecular flexibility index (Phi) is 7.19. The lowest BCUT2D eigenvalue weighted by Crippen LogP contribution is -2.17. The average Bonchev–Trinajstić information content (AvgIpc) is 3.27. The summed E-state index contributed by atoms with van der Waals surface area (Å²) < 4.78 is 74.1. The molecule has 0 bridgehead atoms. The number of carboxylic acids is 1. The van der Waals surface area contributed by atoms with Gasteiger partial charge in [-0.3, -0.25) is 4.72 Å². The maximum Gasteiger partial charge on any atom is 0.573 e. The monoisotopic (exact) mass is 523 g/mol. The zero-order valence-electron chi connectivity index (χ0n) is 17.4. The highest BCUT2D eigenvalue weighted by Gasteiger charge is 2.32. The summed E-state index contributed by atoms with van der Waals surface area (Å²) in [5.74, 6) is 3.11. The number of aromatic carboxylic acids is 1. The molecule has 3 rings (SSSR count). The van der Waals surface area contributed by atoms with E-state index in [-0.39, 0.29) is 33.1 Å². The molecule has 9 nitrogen and oxygen atoms in total. The van der Waals surface area contributed by atoms with Crippen molar-refractivity contribution in [1.82, 2.24) is 4.98 Å². The van der Waals surface area contributed by atoms with Gasteiger partial charge in [0.2, 0.25) is 0 Å². The van der Waals surface area contributed by atoms with E-state index in [1.165, 1.54) is 30.7 Å². The molecule has 0 fully saturated rings. The van der Waals surface area contributed by atoms with E-state index in [0.29, 0.717) is 0 Å². The predicted molar refractivity (Wildman–Crippen MR) is 117 cm³/mol. The normalized spacial score (nSPS) is 11.1. The number of sulfonamides is 1. The van der Waals surface area contributed by atoms with Gasteiger partial charge in [0.25, 0.3) is 10.0 Å². The lowest BCUT2D eigenvalue weighted by Gasteiger charge is -2.11. The maximum absolute atomic E-state index is 12.7. The second-order valence-corrected chi connectivity index (χ2v) is 8.92. The van der Waals surface area contributed by atoms with Crippen molar-refractivity contribution in [2.24, 2.45) is 0 Å². The van der Waals surface area contributed by atoms with Crippen molar-refractivity contribution in [3.05, 3.63) is 63.5 Å². The first kappa shape index (κ1) is 25.4. The van der Waals surface area contributed by atoms with Gasteiger partial charge in [-0.05, 0) is 42.3 Å². The van der Waals surface area contributed by atoms with Crippen LogP contribution in [-0.4, -0.2) is 37.9 Å². The summed E-state index contributed by atoms with van der Waals surface area (Å²) in [6.07, 6.45) is -5.00. The van der Waals surface area contributed by atoms with Crippen LogP contribution in [0.15, 0.2) is 46.8 Å². The molecule has 1 aromatic heterocycles. The molecule has 2 aromatic carbocycles. The fourth-order valence-electron chi connectivity index (χ4n) is 2.57. The first-order valence-corrected chi connectivity index (χ1v) is 11.5. The number of rotatable bonds is 6. The molecule has 14 heteroatoms. The van der Waals surface area contributed by atoms with Crippen LogP contribution in [0, 0.1) is 23.2 Å². The summed E-state index contributed by atoms with van der Waals surface area (Å²) in [4.78, 5) is 15.0. The zero-order chi connectivity index (χ0) is 25.8. The van der Waals surface area contributed by atoms with E-state index in [0.717, 1.165) is 29.5 Å². The van der Waals surface area contributed by atoms with Crippen LogP contribution in [0.4, 0.5) is 18.9 Å². The van der Waals surface area contributed by atoms with Gasteiger partial charge in [-0.1, -0.05) is 5.92 Å². The lowest BCUT2D eigenvalue weighted by molar-refractivity contribution is -0.274. The molecular formula is C21H12F3N3O6S2. The molecule has 0 spiro atoms. The van der Waals surface area contributed by atoms with Gasteiger partial charge in [-0.15, -0.1) is 24.5 Å². The minimum absolute atomic E-state index is 0.0205. The van der Waals surface area contributed by atoms with E-state index < -0.39 is 33.1 Å². The van der Waals surface area contributed by atoms with Gasteiger partial charge < -0.3 is 14.6 Å². The van der Waals surface area contributed by atoms with E-state index >= 15 is 0 Å². The quantitative estimate of drug-likeness (QED) is 0.465. The number of anilines is 1. The Hall–Kier alpha value is -4.27. The van der Waals surface area contributed by atoms with E-state index in [1.807, 2.05) is 0 Å². The number of nitrogens with zero attached hydrogens (tertiary/aromatic N) is 2. The molecule has 0 aliphatic carbocycles. The molecule has 35 heavy (non-hydrogen) atoms. The third-order valence-electron chi connectivity index (χ3n) is 4.09. The first-order valence-electron chi connectivity index (χ1n) is 9.13. The smallest absolute Gasteiger partial charge is 0.495 e. The van der Waals surface area contributed by atoms with Gasteiger partial charge >= 0.3 is 12.3 Å². The Morgan fingerprint density at radius 3 is 2.54 bits per heavy atom. The second-order valence-electron chi connectivity index (χ2n) is 6.44. The fraction of sp³-hybridized carbons (Fsp3) is 0.0952. The predicted octanol–water partition coefficient (Wildman–Crippen LogP) is 3.82. The van der Waals surface area contributed by atoms with E-state index in [2.05, 4.69) is 26.3 Å². The number of nitriles is 1. The number of halogens is 3. The minimum atomic E-state index is -5.00. The van der Waals surface area contributed by atoms with E-state index in [4.69, 9.17) is 15.1 Å². The number of methoxy groups -OCH3 is 1. The topological polar surface area (TPSA) is 139 Å². The molecule has 0 amide bonds. The number of carbonyl (C=O) groups is 1. The Morgan fingerprint density at radius 1 is 1.17 bits per heavy atom. The van der Waals surface area contributed by atoms with Crippen LogP contribution in [-0.2, 0) is 10.0 Å². The SMILES string of the molecule is COc1cc(C(=O)O)ccc1NS(=O)(=O)c1csc(C#Cc2ccc(C#N)c(OC(F)(F)F)c2)n1. The highest BCUT2D eigenvalue weighted by Crippen LogP contribution is 2.29. The van der Waals surface area contributed by atoms with Crippen LogP contribution >= 0.6 is 11.3 Å². The standard InChI is InChI=1S/C21H12F3N3O6S2/c1-32-17-9-13(20(28)29)5-6-15(17)27-35(30,31)19-11-34-18(26-19)7-3-12-2-4-14(10-25)16(8-12)33-21(22,23)24/h2,4-6,8-9,11,27H,1H3,(H,28,29). The van der Waals surface area contributed by atoms with Crippen molar-refractivity contribution in [2.75, 3.05) is 11.8 Å². The summed E-state index contributed by atoms with van der Waals surface area (Å²) in [6.45, 7) is 0. The van der Waals surface area contributed by atoms with Gasteiger partial charge in [0, 0.05) is 10.9 Å². The third kappa shape index (κ3) is 6.41. The molecule has 1 heterocycles. The Morgan fingerprint density at radius 2 is 1.91 bits per heavy atom. The summed E-state index contributed by atoms with van der Waals surface area (Å²) in [6, 6.07) is 8.47. The molecule has 3 aromatic rings. The summed E-state index contributed by atoms with van der Waals surface area (Å²) in [7, 11) is -2.96. The van der Waals surface area contributed by atoms with Gasteiger partial charge in [0.05, 0.1) is 23.9 Å². The number of aromatic nitrogens is 1. The number of benzene rings is 2.